The summed E-state index contributed by atoms with van der Waals surface area (Å²) in [6.45, 7) is 1.99. The molecule has 2 atom stereocenters. The fraction of sp³-hybridized carbons (Fsp3) is 0.750. The minimum absolute atomic E-state index is 0.0947. The van der Waals surface area contributed by atoms with Crippen molar-refractivity contribution in [1.82, 2.24) is 9.99 Å². The smallest absolute Gasteiger partial charge is 0.433 e. The normalized spacial score (nSPS) is 14.5. The number of carbonyl (C=O) groups is 3. The zero-order valence-corrected chi connectivity index (χ0v) is 15.5. The van der Waals surface area contributed by atoms with E-state index in [1.807, 2.05) is 0 Å². The van der Waals surface area contributed by atoms with Crippen molar-refractivity contribution < 1.29 is 44.1 Å². The number of hydrogen-bond donors (Lipinski definition) is 7. The Hall–Kier alpha value is -1.17. The standard InChI is InChI=1S/C12H23N2O9PS/c1-12(2,6-15)9(17)10(18)13-4-3-8(16)14(24(21,22)23)7(5-25)11(19)20/h7,9,15,17,25H,3-6H2,1-2H3,(H,13,18)(H,19,20)(H2,21,22,23). The third-order valence-corrected chi connectivity index (χ3v) is 4.73. The molecule has 0 rings (SSSR count). The lowest BCUT2D eigenvalue weighted by molar-refractivity contribution is -0.146. The zero-order valence-electron chi connectivity index (χ0n) is 13.7. The molecular weight excluding hydrogens is 379 g/mol. The third-order valence-electron chi connectivity index (χ3n) is 3.32. The number of aliphatic hydroxyl groups is 2. The van der Waals surface area contributed by atoms with Crippen LogP contribution in [0.25, 0.3) is 0 Å². The highest BCUT2D eigenvalue weighted by Gasteiger charge is 2.40. The van der Waals surface area contributed by atoms with Crippen LogP contribution in [-0.2, 0) is 18.9 Å². The van der Waals surface area contributed by atoms with E-state index < -0.39 is 68.4 Å². The first-order valence-corrected chi connectivity index (χ1v) is 9.27. The van der Waals surface area contributed by atoms with Gasteiger partial charge >= 0.3 is 13.7 Å². The minimum atomic E-state index is -5.21. The second-order valence-corrected chi connectivity index (χ2v) is 7.70. The molecule has 0 fully saturated rings. The molecule has 0 aliphatic heterocycles. The van der Waals surface area contributed by atoms with E-state index in [1.165, 1.54) is 13.8 Å². The van der Waals surface area contributed by atoms with Gasteiger partial charge in [0, 0.05) is 24.1 Å². The summed E-state index contributed by atoms with van der Waals surface area (Å²) in [7, 11) is -5.21. The van der Waals surface area contributed by atoms with E-state index in [9.17, 15) is 33.8 Å². The highest BCUT2D eigenvalue weighted by molar-refractivity contribution is 7.80. The van der Waals surface area contributed by atoms with E-state index in [1.54, 1.807) is 0 Å². The highest BCUT2D eigenvalue weighted by atomic mass is 32.1. The van der Waals surface area contributed by atoms with Crippen LogP contribution in [0.1, 0.15) is 20.3 Å². The van der Waals surface area contributed by atoms with Crippen LogP contribution in [0.5, 0.6) is 0 Å². The zero-order chi connectivity index (χ0) is 20.0. The maximum Gasteiger partial charge on any atom is 0.433 e. The van der Waals surface area contributed by atoms with Crippen LogP contribution >= 0.6 is 20.4 Å². The molecule has 0 saturated heterocycles. The van der Waals surface area contributed by atoms with Crippen LogP contribution in [0, 0.1) is 5.41 Å². The number of aliphatic carboxylic acids is 1. The molecule has 25 heavy (non-hydrogen) atoms. The van der Waals surface area contributed by atoms with Crippen LogP contribution in [-0.4, -0.2) is 78.6 Å². The van der Waals surface area contributed by atoms with Gasteiger partial charge in [-0.15, -0.1) is 0 Å². The third kappa shape index (κ3) is 6.92. The van der Waals surface area contributed by atoms with Crippen LogP contribution in [0.15, 0.2) is 0 Å². The molecule has 0 aliphatic carbocycles. The average Bonchev–Trinajstić information content (AvgIpc) is 2.49. The number of nitrogens with one attached hydrogen (secondary N) is 1. The lowest BCUT2D eigenvalue weighted by Crippen LogP contribution is -2.47. The van der Waals surface area contributed by atoms with E-state index >= 15 is 0 Å². The van der Waals surface area contributed by atoms with Gasteiger partial charge in [0.1, 0.15) is 12.1 Å². The van der Waals surface area contributed by atoms with Gasteiger partial charge < -0.3 is 30.4 Å². The number of aliphatic hydroxyl groups excluding tert-OH is 2. The molecule has 0 bridgehead atoms. The topological polar surface area (TPSA) is 185 Å². The summed E-state index contributed by atoms with van der Waals surface area (Å²) < 4.78 is 11.3. The van der Waals surface area contributed by atoms with Crippen molar-refractivity contribution in [2.75, 3.05) is 18.9 Å². The van der Waals surface area contributed by atoms with E-state index in [0.717, 1.165) is 0 Å². The molecule has 146 valence electrons. The first-order valence-electron chi connectivity index (χ1n) is 7.08. The van der Waals surface area contributed by atoms with Gasteiger partial charge in [0.05, 0.1) is 6.61 Å². The van der Waals surface area contributed by atoms with Crippen molar-refractivity contribution in [2.24, 2.45) is 5.41 Å². The van der Waals surface area contributed by atoms with E-state index in [-0.39, 0.29) is 4.67 Å². The van der Waals surface area contributed by atoms with Gasteiger partial charge in [0.15, 0.2) is 0 Å². The Morgan fingerprint density at radius 1 is 1.28 bits per heavy atom. The molecule has 2 unspecified atom stereocenters. The van der Waals surface area contributed by atoms with Crippen molar-refractivity contribution in [2.45, 2.75) is 32.4 Å². The molecule has 6 N–H and O–H groups in total. The van der Waals surface area contributed by atoms with Gasteiger partial charge in [0.2, 0.25) is 11.8 Å². The Labute approximate surface area is 149 Å². The largest absolute Gasteiger partial charge is 0.480 e. The Balaban J connectivity index is 4.93. The molecular formula is C12H23N2O9PS. The van der Waals surface area contributed by atoms with Crippen molar-refractivity contribution >= 4 is 38.2 Å². The summed E-state index contributed by atoms with van der Waals surface area (Å²) in [4.78, 5) is 53.1. The maximum absolute atomic E-state index is 12.0. The first kappa shape index (κ1) is 23.8. The summed E-state index contributed by atoms with van der Waals surface area (Å²) >= 11 is 3.67. The van der Waals surface area contributed by atoms with Gasteiger partial charge in [-0.05, 0) is 0 Å². The van der Waals surface area contributed by atoms with Crippen molar-refractivity contribution in [3.63, 3.8) is 0 Å². The Morgan fingerprint density at radius 3 is 2.16 bits per heavy atom. The van der Waals surface area contributed by atoms with Gasteiger partial charge in [-0.1, -0.05) is 13.8 Å². The number of carboxylic acids is 1. The summed E-state index contributed by atoms with van der Waals surface area (Å²) in [5, 5.41) is 30.0. The number of amides is 2. The fourth-order valence-corrected chi connectivity index (χ4v) is 3.09. The molecule has 11 nitrogen and oxygen atoms in total. The summed E-state index contributed by atoms with van der Waals surface area (Å²) in [6, 6.07) is -1.84. The Morgan fingerprint density at radius 2 is 1.80 bits per heavy atom. The molecule has 2 amide bonds. The molecule has 0 aromatic rings. The minimum Gasteiger partial charge on any atom is -0.480 e. The average molecular weight is 402 g/mol. The van der Waals surface area contributed by atoms with Crippen LogP contribution in [0.3, 0.4) is 0 Å². The quantitative estimate of drug-likeness (QED) is 0.163. The van der Waals surface area contributed by atoms with Crippen LogP contribution in [0.2, 0.25) is 0 Å². The summed E-state index contributed by atoms with van der Waals surface area (Å²) in [5.74, 6) is -4.26. The second-order valence-electron chi connectivity index (χ2n) is 5.88. The predicted molar refractivity (Wildman–Crippen MR) is 88.7 cm³/mol. The molecule has 0 aliphatic rings. The lowest BCUT2D eigenvalue weighted by Gasteiger charge is -2.29. The SMILES string of the molecule is CC(C)(CO)C(O)C(=O)NCCC(=O)N(C(CS)C(=O)O)P(=O)(O)O. The predicted octanol–water partition coefficient (Wildman–Crippen LogP) is -1.82. The molecule has 0 spiro atoms. The lowest BCUT2D eigenvalue weighted by atomic mass is 9.87. The van der Waals surface area contributed by atoms with E-state index in [0.29, 0.717) is 0 Å². The molecule has 13 heteroatoms. The number of carbonyl (C=O) groups excluding carboxylic acids is 2. The number of nitrogens with zero attached hydrogens (tertiary/aromatic N) is 1. The molecule has 0 heterocycles. The number of rotatable bonds is 10. The monoisotopic (exact) mass is 402 g/mol. The van der Waals surface area contributed by atoms with Gasteiger partial charge in [0.25, 0.3) is 0 Å². The first-order chi connectivity index (χ1) is 11.3. The highest BCUT2D eigenvalue weighted by Crippen LogP contribution is 2.42. The van der Waals surface area contributed by atoms with Crippen molar-refractivity contribution in [3.8, 4) is 0 Å². The summed E-state index contributed by atoms with van der Waals surface area (Å²) in [6.07, 6.45) is -2.18. The molecule has 0 aromatic heterocycles. The van der Waals surface area contributed by atoms with Gasteiger partial charge in [-0.25, -0.2) is 14.0 Å². The van der Waals surface area contributed by atoms with Gasteiger partial charge in [-0.2, -0.15) is 12.6 Å². The van der Waals surface area contributed by atoms with E-state index in [2.05, 4.69) is 17.9 Å². The Kier molecular flexibility index (Phi) is 9.06. The summed E-state index contributed by atoms with van der Waals surface area (Å²) in [5.41, 5.74) is -1.13. The van der Waals surface area contributed by atoms with Crippen LogP contribution < -0.4 is 5.32 Å². The number of hydrogen-bond acceptors (Lipinski definition) is 7. The Bertz CT molecular complexity index is 551. The van der Waals surface area contributed by atoms with Crippen molar-refractivity contribution in [3.05, 3.63) is 0 Å². The number of carboxylic acid groups (broad SMARTS) is 1. The molecule has 0 saturated carbocycles. The second kappa shape index (κ2) is 9.51. The van der Waals surface area contributed by atoms with Crippen molar-refractivity contribution in [1.29, 1.82) is 0 Å². The fourth-order valence-electron chi connectivity index (χ4n) is 1.71. The van der Waals surface area contributed by atoms with Crippen LogP contribution in [0.4, 0.5) is 0 Å². The number of thiol groups is 1. The molecule has 0 aromatic carbocycles. The molecule has 0 radical (unpaired) electrons. The van der Waals surface area contributed by atoms with Gasteiger partial charge in [-0.3, -0.25) is 9.59 Å². The van der Waals surface area contributed by atoms with E-state index in [4.69, 9.17) is 10.2 Å². The maximum atomic E-state index is 12.0.